The van der Waals surface area contributed by atoms with Crippen LogP contribution in [0.25, 0.3) is 5.65 Å². The zero-order chi connectivity index (χ0) is 29.8. The number of anilines is 2. The number of rotatable bonds is 6. The number of amides is 1. The Kier molecular flexibility index (Phi) is 6.48. The molecule has 3 fully saturated rings. The fraction of sp³-hybridized carbons (Fsp3) is 0.406. The van der Waals surface area contributed by atoms with Gasteiger partial charge in [-0.15, -0.1) is 5.10 Å². The smallest absolute Gasteiger partial charge is 0.354 e. The number of aromatic nitrogens is 4. The Bertz CT molecular complexity index is 1710. The molecule has 2 atom stereocenters. The van der Waals surface area contributed by atoms with Gasteiger partial charge in [0.2, 0.25) is 5.82 Å². The predicted molar refractivity (Wildman–Crippen MR) is 161 cm³/mol. The number of aromatic carboxylic acids is 1. The summed E-state index contributed by atoms with van der Waals surface area (Å²) in [5.41, 5.74) is 2.85. The van der Waals surface area contributed by atoms with Gasteiger partial charge in [-0.25, -0.2) is 14.3 Å². The molecule has 7 rings (SSSR count). The van der Waals surface area contributed by atoms with E-state index in [2.05, 4.69) is 56.1 Å². The van der Waals surface area contributed by atoms with Gasteiger partial charge in [0.15, 0.2) is 17.1 Å². The van der Waals surface area contributed by atoms with Crippen molar-refractivity contribution in [1.82, 2.24) is 24.5 Å². The van der Waals surface area contributed by atoms with Crippen molar-refractivity contribution < 1.29 is 19.4 Å². The van der Waals surface area contributed by atoms with E-state index in [1.165, 1.54) is 11.6 Å². The van der Waals surface area contributed by atoms with Gasteiger partial charge in [0.1, 0.15) is 5.82 Å². The molecule has 11 nitrogen and oxygen atoms in total. The minimum absolute atomic E-state index is 0.0353. The summed E-state index contributed by atoms with van der Waals surface area (Å²) in [6.45, 7) is 6.80. The van der Waals surface area contributed by atoms with Gasteiger partial charge in [0, 0.05) is 56.2 Å². The number of benzene rings is 1. The Labute approximate surface area is 249 Å². The molecule has 43 heavy (non-hydrogen) atoms. The lowest BCUT2D eigenvalue weighted by molar-refractivity contribution is 0.0689. The van der Waals surface area contributed by atoms with Gasteiger partial charge in [-0.2, -0.15) is 4.98 Å². The Hall–Kier alpha value is -4.67. The molecule has 0 bridgehead atoms. The van der Waals surface area contributed by atoms with Gasteiger partial charge < -0.3 is 24.5 Å². The lowest BCUT2D eigenvalue weighted by Crippen LogP contribution is -2.34. The molecule has 1 aromatic carbocycles. The molecule has 3 aromatic heterocycles. The number of carbonyl (C=O) groups is 2. The van der Waals surface area contributed by atoms with E-state index in [1.54, 1.807) is 17.7 Å². The summed E-state index contributed by atoms with van der Waals surface area (Å²) < 4.78 is 7.38. The minimum atomic E-state index is -1.04. The van der Waals surface area contributed by atoms with Crippen LogP contribution in [0, 0.1) is 5.41 Å². The number of nitrogens with zero attached hydrogens (tertiary/aromatic N) is 7. The highest BCUT2D eigenvalue weighted by Crippen LogP contribution is 2.41. The van der Waals surface area contributed by atoms with Crippen molar-refractivity contribution in [2.45, 2.75) is 31.6 Å². The standard InChI is InChI=1S/C32H35N7O4/c1-31(22-7-4-3-5-8-22)11-14-36(19-31)23-17-25(43-2)28-34-27(35-39(28)18-23)29(40)38-16-13-32(21-38)12-15-37(20-32)26-10-6-9-24(33-26)30(41)42/h3-10,17-18H,11-16,19-21H2,1-2H3,(H,41,42)/t31-,32+/m0/s1. The lowest BCUT2D eigenvalue weighted by atomic mass is 9.82. The number of carbonyl (C=O) groups excluding carboxylic acids is 1. The van der Waals surface area contributed by atoms with E-state index < -0.39 is 5.97 Å². The zero-order valence-electron chi connectivity index (χ0n) is 24.4. The first-order valence-corrected chi connectivity index (χ1v) is 14.8. The number of hydrogen-bond donors (Lipinski definition) is 1. The molecule has 0 radical (unpaired) electrons. The maximum Gasteiger partial charge on any atom is 0.354 e. The Morgan fingerprint density at radius 3 is 2.49 bits per heavy atom. The summed E-state index contributed by atoms with van der Waals surface area (Å²) >= 11 is 0. The molecule has 4 aromatic rings. The van der Waals surface area contributed by atoms with E-state index in [0.717, 1.165) is 51.1 Å². The van der Waals surface area contributed by atoms with Crippen LogP contribution in [0.5, 0.6) is 5.75 Å². The second-order valence-electron chi connectivity index (χ2n) is 12.4. The largest absolute Gasteiger partial charge is 0.493 e. The van der Waals surface area contributed by atoms with Crippen LogP contribution in [0.1, 0.15) is 52.9 Å². The third-order valence-corrected chi connectivity index (χ3v) is 9.55. The molecule has 1 spiro atoms. The Morgan fingerprint density at radius 1 is 0.907 bits per heavy atom. The van der Waals surface area contributed by atoms with Crippen LogP contribution in [-0.4, -0.2) is 87.8 Å². The van der Waals surface area contributed by atoms with Crippen LogP contribution in [0.2, 0.25) is 0 Å². The predicted octanol–water partition coefficient (Wildman–Crippen LogP) is 3.74. The lowest BCUT2D eigenvalue weighted by Gasteiger charge is -2.26. The van der Waals surface area contributed by atoms with E-state index in [-0.39, 0.29) is 28.3 Å². The minimum Gasteiger partial charge on any atom is -0.493 e. The maximum atomic E-state index is 13.7. The van der Waals surface area contributed by atoms with Crippen molar-refractivity contribution in [2.75, 3.05) is 56.2 Å². The van der Waals surface area contributed by atoms with Crippen molar-refractivity contribution in [3.05, 3.63) is 77.9 Å². The number of carboxylic acid groups (broad SMARTS) is 1. The van der Waals surface area contributed by atoms with Crippen molar-refractivity contribution in [3.8, 4) is 5.75 Å². The molecule has 3 aliphatic heterocycles. The second-order valence-corrected chi connectivity index (χ2v) is 12.4. The third kappa shape index (κ3) is 4.82. The summed E-state index contributed by atoms with van der Waals surface area (Å²) in [4.78, 5) is 40.3. The molecule has 1 N–H and O–H groups in total. The van der Waals surface area contributed by atoms with Gasteiger partial charge in [0.05, 0.1) is 19.0 Å². The maximum absolute atomic E-state index is 13.7. The van der Waals surface area contributed by atoms with Crippen LogP contribution < -0.4 is 14.5 Å². The van der Waals surface area contributed by atoms with Gasteiger partial charge in [-0.1, -0.05) is 43.3 Å². The number of likely N-dealkylation sites (tertiary alicyclic amines) is 1. The van der Waals surface area contributed by atoms with Gasteiger partial charge >= 0.3 is 5.97 Å². The molecule has 1 amide bonds. The molecule has 3 saturated heterocycles. The molecule has 0 unspecified atom stereocenters. The zero-order valence-corrected chi connectivity index (χ0v) is 24.4. The van der Waals surface area contributed by atoms with Gasteiger partial charge in [-0.05, 0) is 37.0 Å². The number of hydrogen-bond acceptors (Lipinski definition) is 8. The monoisotopic (exact) mass is 581 g/mol. The molecule has 222 valence electrons. The summed E-state index contributed by atoms with van der Waals surface area (Å²) in [5.74, 6) is 0.176. The highest BCUT2D eigenvalue weighted by Gasteiger charge is 2.46. The summed E-state index contributed by atoms with van der Waals surface area (Å²) in [6.07, 6.45) is 4.75. The SMILES string of the molecule is COc1cc(N2CC[C@](C)(c3ccccc3)C2)cn2nc(C(=O)N3CC[C@@]4(CCN(c5cccc(C(=O)O)n5)C4)C3)nc12. The van der Waals surface area contributed by atoms with E-state index in [1.807, 2.05) is 29.3 Å². The summed E-state index contributed by atoms with van der Waals surface area (Å²) in [5, 5.41) is 14.0. The molecule has 11 heteroatoms. The van der Waals surface area contributed by atoms with Crippen molar-refractivity contribution in [2.24, 2.45) is 5.41 Å². The average molecular weight is 582 g/mol. The number of pyridine rings is 2. The van der Waals surface area contributed by atoms with Crippen LogP contribution in [0.3, 0.4) is 0 Å². The van der Waals surface area contributed by atoms with Crippen molar-refractivity contribution >= 4 is 29.0 Å². The first-order chi connectivity index (χ1) is 20.8. The fourth-order valence-corrected chi connectivity index (χ4v) is 7.05. The highest BCUT2D eigenvalue weighted by molar-refractivity contribution is 5.91. The summed E-state index contributed by atoms with van der Waals surface area (Å²) in [7, 11) is 1.62. The highest BCUT2D eigenvalue weighted by atomic mass is 16.5. The number of methoxy groups -OCH3 is 1. The van der Waals surface area contributed by atoms with Crippen molar-refractivity contribution in [3.63, 3.8) is 0 Å². The van der Waals surface area contributed by atoms with Crippen molar-refractivity contribution in [1.29, 1.82) is 0 Å². The first kappa shape index (κ1) is 27.2. The quantitative estimate of drug-likeness (QED) is 0.364. The average Bonchev–Trinajstić information content (AvgIpc) is 3.83. The Balaban J connectivity index is 1.08. The molecule has 6 heterocycles. The van der Waals surface area contributed by atoms with Crippen LogP contribution in [-0.2, 0) is 5.41 Å². The van der Waals surface area contributed by atoms with E-state index in [0.29, 0.717) is 30.3 Å². The van der Waals surface area contributed by atoms with E-state index in [9.17, 15) is 14.7 Å². The molecular formula is C32H35N7O4. The topological polar surface area (TPSA) is 116 Å². The third-order valence-electron chi connectivity index (χ3n) is 9.55. The molecule has 0 saturated carbocycles. The molecular weight excluding hydrogens is 546 g/mol. The number of carboxylic acids is 1. The number of ether oxygens (including phenoxy) is 1. The van der Waals surface area contributed by atoms with E-state index >= 15 is 0 Å². The molecule has 3 aliphatic rings. The van der Waals surface area contributed by atoms with Crippen LogP contribution in [0.15, 0.2) is 60.8 Å². The van der Waals surface area contributed by atoms with Crippen LogP contribution in [0.4, 0.5) is 11.5 Å². The summed E-state index contributed by atoms with van der Waals surface area (Å²) in [6, 6.07) is 17.7. The van der Waals surface area contributed by atoms with E-state index in [4.69, 9.17) is 4.74 Å². The van der Waals surface area contributed by atoms with Gasteiger partial charge in [0.25, 0.3) is 5.91 Å². The normalized spacial score (nSPS) is 23.5. The first-order valence-electron chi connectivity index (χ1n) is 14.8. The second kappa shape index (κ2) is 10.3. The van der Waals surface area contributed by atoms with Gasteiger partial charge in [-0.3, -0.25) is 4.79 Å². The fourth-order valence-electron chi connectivity index (χ4n) is 7.05. The van der Waals surface area contributed by atoms with Crippen LogP contribution >= 0.6 is 0 Å². The molecule has 0 aliphatic carbocycles. The Morgan fingerprint density at radius 2 is 1.70 bits per heavy atom. The number of fused-ring (bicyclic) bond motifs is 1.